The van der Waals surface area contributed by atoms with Crippen molar-refractivity contribution in [2.45, 2.75) is 18.7 Å². The van der Waals surface area contributed by atoms with Crippen molar-refractivity contribution in [3.63, 3.8) is 0 Å². The highest BCUT2D eigenvalue weighted by molar-refractivity contribution is 7.99. The van der Waals surface area contributed by atoms with E-state index in [1.165, 1.54) is 6.33 Å². The highest BCUT2D eigenvalue weighted by Crippen LogP contribution is 2.19. The number of ether oxygens (including phenoxy) is 2. The Bertz CT molecular complexity index is 537. The van der Waals surface area contributed by atoms with Crippen molar-refractivity contribution in [1.82, 2.24) is 15.0 Å². The van der Waals surface area contributed by atoms with E-state index in [0.29, 0.717) is 12.4 Å². The number of benzene rings is 1. The van der Waals surface area contributed by atoms with Crippen molar-refractivity contribution in [3.8, 4) is 11.5 Å². The topological polar surface area (TPSA) is 57.1 Å². The van der Waals surface area contributed by atoms with E-state index in [4.69, 9.17) is 9.47 Å². The van der Waals surface area contributed by atoms with Crippen LogP contribution in [-0.2, 0) is 6.61 Å². The smallest absolute Gasteiger partial charge is 0.190 e. The molecule has 6 heteroatoms. The predicted octanol–water partition coefficient (Wildman–Crippen LogP) is 2.57. The number of hydrogen-bond donors (Lipinski definition) is 0. The molecule has 0 bridgehead atoms. The zero-order valence-electron chi connectivity index (χ0n) is 10.9. The van der Waals surface area contributed by atoms with Crippen molar-refractivity contribution in [2.75, 3.05) is 12.9 Å². The summed E-state index contributed by atoms with van der Waals surface area (Å²) in [5.41, 5.74) is 0. The average Bonchev–Trinajstić information content (AvgIpc) is 2.46. The largest absolute Gasteiger partial charge is 0.497 e. The van der Waals surface area contributed by atoms with Crippen LogP contribution in [0, 0.1) is 0 Å². The monoisotopic (exact) mass is 277 g/mol. The first-order chi connectivity index (χ1) is 9.31. The van der Waals surface area contributed by atoms with Gasteiger partial charge >= 0.3 is 0 Å². The first-order valence-electron chi connectivity index (χ1n) is 5.89. The number of aromatic nitrogens is 3. The van der Waals surface area contributed by atoms with Crippen LogP contribution in [0.4, 0.5) is 0 Å². The van der Waals surface area contributed by atoms with Crippen LogP contribution >= 0.6 is 11.8 Å². The molecule has 1 heterocycles. The van der Waals surface area contributed by atoms with Gasteiger partial charge in [0.2, 0.25) is 0 Å². The minimum atomic E-state index is 0.312. The number of nitrogens with zero attached hydrogens (tertiary/aromatic N) is 3. The van der Waals surface area contributed by atoms with Gasteiger partial charge in [0, 0.05) is 6.07 Å². The second-order valence-electron chi connectivity index (χ2n) is 3.58. The summed E-state index contributed by atoms with van der Waals surface area (Å²) in [6.07, 6.45) is 1.51. The maximum Gasteiger partial charge on any atom is 0.190 e. The van der Waals surface area contributed by atoms with E-state index in [1.54, 1.807) is 18.9 Å². The zero-order valence-corrected chi connectivity index (χ0v) is 11.7. The van der Waals surface area contributed by atoms with Crippen LogP contribution < -0.4 is 9.47 Å². The van der Waals surface area contributed by atoms with E-state index in [9.17, 15) is 0 Å². The second-order valence-corrected chi connectivity index (χ2v) is 4.82. The lowest BCUT2D eigenvalue weighted by Crippen LogP contribution is -2.03. The van der Waals surface area contributed by atoms with Crippen molar-refractivity contribution >= 4 is 11.8 Å². The molecule has 2 aromatic rings. The van der Waals surface area contributed by atoms with Crippen LogP contribution in [0.15, 0.2) is 35.7 Å². The summed E-state index contributed by atoms with van der Waals surface area (Å²) in [6.45, 7) is 2.37. The van der Waals surface area contributed by atoms with Gasteiger partial charge < -0.3 is 9.47 Å². The van der Waals surface area contributed by atoms with Crippen molar-refractivity contribution in [1.29, 1.82) is 0 Å². The Balaban J connectivity index is 1.99. The quantitative estimate of drug-likeness (QED) is 0.756. The molecule has 0 aliphatic carbocycles. The fraction of sp³-hybridized carbons (Fsp3) is 0.308. The molecule has 0 amide bonds. The third-order valence-electron chi connectivity index (χ3n) is 2.28. The number of thioether (sulfide) groups is 1. The summed E-state index contributed by atoms with van der Waals surface area (Å²) in [5.74, 6) is 3.04. The molecule has 0 atom stereocenters. The minimum absolute atomic E-state index is 0.312. The SMILES string of the molecule is CCSc1ncnc(COc2cccc(OC)c2)n1. The number of hydrogen-bond acceptors (Lipinski definition) is 6. The molecule has 0 saturated heterocycles. The van der Waals surface area contributed by atoms with Gasteiger partial charge in [-0.25, -0.2) is 15.0 Å². The van der Waals surface area contributed by atoms with Crippen molar-refractivity contribution in [3.05, 3.63) is 36.4 Å². The molecule has 2 rings (SSSR count). The van der Waals surface area contributed by atoms with Gasteiger partial charge in [-0.15, -0.1) is 0 Å². The Kier molecular flexibility index (Phi) is 4.97. The molecule has 1 aromatic carbocycles. The standard InChI is InChI=1S/C13H15N3O2S/c1-3-19-13-15-9-14-12(16-13)8-18-11-6-4-5-10(7-11)17-2/h4-7,9H,3,8H2,1-2H3. The zero-order chi connectivity index (χ0) is 13.5. The predicted molar refractivity (Wildman–Crippen MR) is 73.6 cm³/mol. The van der Waals surface area contributed by atoms with Crippen LogP contribution in [0.25, 0.3) is 0 Å². The van der Waals surface area contributed by atoms with Gasteiger partial charge in [-0.1, -0.05) is 24.8 Å². The molecule has 0 unspecified atom stereocenters. The van der Waals surface area contributed by atoms with Gasteiger partial charge in [-0.2, -0.15) is 0 Å². The number of methoxy groups -OCH3 is 1. The molecule has 5 nitrogen and oxygen atoms in total. The fourth-order valence-corrected chi connectivity index (χ4v) is 1.97. The molecule has 0 fully saturated rings. The molecule has 0 radical (unpaired) electrons. The normalized spacial score (nSPS) is 10.2. The van der Waals surface area contributed by atoms with Gasteiger partial charge in [-0.05, 0) is 17.9 Å². The molecule has 0 aliphatic heterocycles. The van der Waals surface area contributed by atoms with E-state index in [-0.39, 0.29) is 0 Å². The maximum absolute atomic E-state index is 5.63. The Morgan fingerprint density at radius 1 is 1.21 bits per heavy atom. The molecule has 0 spiro atoms. The molecule has 0 aliphatic rings. The molecule has 100 valence electrons. The maximum atomic E-state index is 5.63. The lowest BCUT2D eigenvalue weighted by molar-refractivity contribution is 0.291. The van der Waals surface area contributed by atoms with E-state index < -0.39 is 0 Å². The highest BCUT2D eigenvalue weighted by Gasteiger charge is 2.03. The lowest BCUT2D eigenvalue weighted by Gasteiger charge is -2.07. The van der Waals surface area contributed by atoms with E-state index in [1.807, 2.05) is 24.3 Å². The van der Waals surface area contributed by atoms with E-state index in [2.05, 4.69) is 21.9 Å². The Morgan fingerprint density at radius 2 is 2.05 bits per heavy atom. The summed E-state index contributed by atoms with van der Waals surface area (Å²) >= 11 is 1.58. The van der Waals surface area contributed by atoms with Crippen LogP contribution in [0.5, 0.6) is 11.5 Å². The first kappa shape index (κ1) is 13.6. The third kappa shape index (κ3) is 4.10. The summed E-state index contributed by atoms with van der Waals surface area (Å²) in [7, 11) is 1.62. The second kappa shape index (κ2) is 6.94. The average molecular weight is 277 g/mol. The van der Waals surface area contributed by atoms with Crippen molar-refractivity contribution < 1.29 is 9.47 Å². The molecule has 0 saturated carbocycles. The summed E-state index contributed by atoms with van der Waals surface area (Å²) in [4.78, 5) is 12.5. The minimum Gasteiger partial charge on any atom is -0.497 e. The van der Waals surface area contributed by atoms with Gasteiger partial charge in [0.25, 0.3) is 0 Å². The van der Waals surface area contributed by atoms with Gasteiger partial charge in [0.05, 0.1) is 7.11 Å². The first-order valence-corrected chi connectivity index (χ1v) is 6.88. The Labute approximate surface area is 116 Å². The summed E-state index contributed by atoms with van der Waals surface area (Å²) in [6, 6.07) is 7.43. The summed E-state index contributed by atoms with van der Waals surface area (Å²) < 4.78 is 10.8. The summed E-state index contributed by atoms with van der Waals surface area (Å²) in [5, 5.41) is 0.724. The Morgan fingerprint density at radius 3 is 2.84 bits per heavy atom. The van der Waals surface area contributed by atoms with Crippen LogP contribution in [0.2, 0.25) is 0 Å². The third-order valence-corrected chi connectivity index (χ3v) is 3.03. The molecular formula is C13H15N3O2S. The van der Waals surface area contributed by atoms with Crippen LogP contribution in [-0.4, -0.2) is 27.8 Å². The lowest BCUT2D eigenvalue weighted by atomic mass is 10.3. The van der Waals surface area contributed by atoms with Gasteiger partial charge in [0.15, 0.2) is 11.0 Å². The van der Waals surface area contributed by atoms with Gasteiger partial charge in [-0.3, -0.25) is 0 Å². The van der Waals surface area contributed by atoms with Crippen molar-refractivity contribution in [2.24, 2.45) is 0 Å². The molecule has 19 heavy (non-hydrogen) atoms. The van der Waals surface area contributed by atoms with Crippen LogP contribution in [0.3, 0.4) is 0 Å². The van der Waals surface area contributed by atoms with E-state index >= 15 is 0 Å². The molecular weight excluding hydrogens is 262 g/mol. The molecule has 0 N–H and O–H groups in total. The highest BCUT2D eigenvalue weighted by atomic mass is 32.2. The Hall–Kier alpha value is -1.82. The van der Waals surface area contributed by atoms with E-state index in [0.717, 1.165) is 22.4 Å². The van der Waals surface area contributed by atoms with Crippen LogP contribution in [0.1, 0.15) is 12.7 Å². The fourth-order valence-electron chi connectivity index (χ4n) is 1.42. The number of rotatable bonds is 6. The molecule has 1 aromatic heterocycles. The van der Waals surface area contributed by atoms with Gasteiger partial charge in [0.1, 0.15) is 24.4 Å².